The van der Waals surface area contributed by atoms with E-state index in [2.05, 4.69) is 15.3 Å². The van der Waals surface area contributed by atoms with Crippen LogP contribution in [-0.4, -0.2) is 21.3 Å². The summed E-state index contributed by atoms with van der Waals surface area (Å²) < 4.78 is 6.07. The molecule has 0 saturated carbocycles. The molecule has 4 aromatic rings. The van der Waals surface area contributed by atoms with Gasteiger partial charge in [0.25, 0.3) is 4.83 Å². The molecule has 30 heavy (non-hydrogen) atoms. The normalized spacial score (nSPS) is 13.3. The monoisotopic (exact) mass is 418 g/mol. The Balaban J connectivity index is 1.68. The second-order valence-electron chi connectivity index (χ2n) is 6.59. The minimum absolute atomic E-state index is 0.283. The number of nitrogens with one attached hydrogen (secondary N) is 1. The lowest BCUT2D eigenvalue weighted by molar-refractivity contribution is -0.233. The summed E-state index contributed by atoms with van der Waals surface area (Å²) in [6, 6.07) is 12.1. The van der Waals surface area contributed by atoms with Crippen molar-refractivity contribution >= 4 is 49.2 Å². The number of aromatic nitrogens is 2. The Morgan fingerprint density at radius 1 is 1.10 bits per heavy atom. The quantitative estimate of drug-likeness (QED) is 0.494. The highest BCUT2D eigenvalue weighted by molar-refractivity contribution is 7.54. The van der Waals surface area contributed by atoms with Crippen LogP contribution in [0.2, 0.25) is 0 Å². The molecule has 0 aliphatic carbocycles. The standard InChI is InChI=1S/C21H14N4O4S/c1-12-5-2-3-6-15(12)29-16-7-4-9-22-18(16)25-14-8-10-23-19-17(14)13(24-20(25)26)11-30(19)21(27)28/h2-11H,1H3,(H-,24,26,27,28). The fourth-order valence-electron chi connectivity index (χ4n) is 3.40. The zero-order valence-electron chi connectivity index (χ0n) is 15.7. The predicted octanol–water partition coefficient (Wildman–Crippen LogP) is 4.35. The highest BCUT2D eigenvalue weighted by Crippen LogP contribution is 2.47. The van der Waals surface area contributed by atoms with E-state index in [9.17, 15) is 14.7 Å². The van der Waals surface area contributed by atoms with Gasteiger partial charge in [0.1, 0.15) is 16.8 Å². The molecule has 1 aliphatic heterocycles. The van der Waals surface area contributed by atoms with Crippen molar-refractivity contribution in [3.8, 4) is 11.5 Å². The van der Waals surface area contributed by atoms with Crippen LogP contribution in [0.15, 0.2) is 60.2 Å². The Hall–Kier alpha value is -3.98. The number of benzene rings is 1. The first-order valence-corrected chi connectivity index (χ1v) is 10.3. The summed E-state index contributed by atoms with van der Waals surface area (Å²) in [4.78, 5) is 34.9. The van der Waals surface area contributed by atoms with Crippen LogP contribution in [-0.2, 0) is 0 Å². The molecule has 2 amide bonds. The molecule has 1 unspecified atom stereocenters. The van der Waals surface area contributed by atoms with Gasteiger partial charge >= 0.3 is 11.3 Å². The smallest absolute Gasteiger partial charge is 0.332 e. The SMILES string of the molecule is Cc1ccccc1Oc1cccnc1N1C(=O)Nc2c[s+](C(=O)[O-])c3nccc1c23. The molecule has 0 fully saturated rings. The van der Waals surface area contributed by atoms with Crippen LogP contribution in [0, 0.1) is 6.92 Å². The molecule has 5 rings (SSSR count). The van der Waals surface area contributed by atoms with Gasteiger partial charge in [0.2, 0.25) is 0 Å². The lowest BCUT2D eigenvalue weighted by atomic mass is 10.2. The maximum absolute atomic E-state index is 13.0. The summed E-state index contributed by atoms with van der Waals surface area (Å²) in [6.07, 6.45) is 3.04. The molecule has 0 saturated heterocycles. The molecule has 3 aromatic heterocycles. The van der Waals surface area contributed by atoms with E-state index in [4.69, 9.17) is 4.74 Å². The van der Waals surface area contributed by atoms with Gasteiger partial charge in [-0.2, -0.15) is 0 Å². The van der Waals surface area contributed by atoms with Crippen molar-refractivity contribution in [1.82, 2.24) is 9.97 Å². The van der Waals surface area contributed by atoms with Crippen molar-refractivity contribution in [2.24, 2.45) is 0 Å². The van der Waals surface area contributed by atoms with Crippen molar-refractivity contribution in [3.05, 3.63) is 65.8 Å². The molecule has 1 aliphatic rings. The molecular formula is C21H14N4O4S. The summed E-state index contributed by atoms with van der Waals surface area (Å²) in [5, 5.41) is 15.0. The maximum atomic E-state index is 13.0. The summed E-state index contributed by atoms with van der Waals surface area (Å²) >= 11 is 0. The van der Waals surface area contributed by atoms with Crippen LogP contribution in [0.5, 0.6) is 11.5 Å². The average molecular weight is 418 g/mol. The molecule has 1 N–H and O–H groups in total. The van der Waals surface area contributed by atoms with Crippen molar-refractivity contribution in [3.63, 3.8) is 0 Å². The van der Waals surface area contributed by atoms with Crippen molar-refractivity contribution in [1.29, 1.82) is 0 Å². The van der Waals surface area contributed by atoms with E-state index in [1.807, 2.05) is 31.2 Å². The minimum Gasteiger partial charge on any atom is -0.500 e. The number of hydrogen-bond acceptors (Lipinski definition) is 6. The number of para-hydroxylation sites is 1. The van der Waals surface area contributed by atoms with Gasteiger partial charge in [0.15, 0.2) is 16.9 Å². The number of aryl methyl sites for hydroxylation is 1. The zero-order valence-corrected chi connectivity index (χ0v) is 16.5. The highest BCUT2D eigenvalue weighted by atomic mass is 32.2. The number of hydrogen-bond donors (Lipinski definition) is 1. The van der Waals surface area contributed by atoms with Gasteiger partial charge in [-0.1, -0.05) is 18.2 Å². The number of anilines is 3. The van der Waals surface area contributed by atoms with Crippen molar-refractivity contribution in [2.45, 2.75) is 6.92 Å². The van der Waals surface area contributed by atoms with Crippen LogP contribution in [0.4, 0.5) is 26.8 Å². The van der Waals surface area contributed by atoms with E-state index in [1.54, 1.807) is 24.4 Å². The molecule has 148 valence electrons. The zero-order chi connectivity index (χ0) is 20.8. The van der Waals surface area contributed by atoms with Crippen LogP contribution in [0.25, 0.3) is 10.2 Å². The number of amides is 2. The summed E-state index contributed by atoms with van der Waals surface area (Å²) in [5.74, 6) is 1.31. The highest BCUT2D eigenvalue weighted by Gasteiger charge is 2.36. The topological polar surface area (TPSA) is 107 Å². The van der Waals surface area contributed by atoms with Crippen LogP contribution in [0.1, 0.15) is 5.56 Å². The van der Waals surface area contributed by atoms with Crippen molar-refractivity contribution < 1.29 is 19.4 Å². The van der Waals surface area contributed by atoms with E-state index in [0.717, 1.165) is 5.56 Å². The number of nitrogens with zero attached hydrogens (tertiary/aromatic N) is 3. The van der Waals surface area contributed by atoms with Crippen LogP contribution >= 0.6 is 10.5 Å². The number of ether oxygens (including phenoxy) is 1. The largest absolute Gasteiger partial charge is 0.500 e. The van der Waals surface area contributed by atoms with Gasteiger partial charge in [0.05, 0.1) is 16.2 Å². The third-order valence-corrected chi connectivity index (χ3v) is 6.31. The van der Waals surface area contributed by atoms with Gasteiger partial charge in [-0.25, -0.2) is 19.7 Å². The van der Waals surface area contributed by atoms with Gasteiger partial charge < -0.3 is 20.0 Å². The van der Waals surface area contributed by atoms with E-state index < -0.39 is 21.8 Å². The summed E-state index contributed by atoms with van der Waals surface area (Å²) in [5.41, 5.74) is 1.84. The lowest BCUT2D eigenvalue weighted by Crippen LogP contribution is -2.34. The van der Waals surface area contributed by atoms with E-state index in [0.29, 0.717) is 33.1 Å². The minimum atomic E-state index is -1.34. The van der Waals surface area contributed by atoms with E-state index in [1.165, 1.54) is 16.5 Å². The number of urea groups is 1. The number of carbonyl (C=O) groups excluding carboxylic acids is 2. The maximum Gasteiger partial charge on any atom is 0.332 e. The summed E-state index contributed by atoms with van der Waals surface area (Å²) in [7, 11) is -1.34. The fourth-order valence-corrected chi connectivity index (χ4v) is 4.79. The first-order valence-electron chi connectivity index (χ1n) is 8.99. The molecule has 0 bridgehead atoms. The Morgan fingerprint density at radius 2 is 1.90 bits per heavy atom. The number of carbonyl (C=O) groups is 2. The Bertz CT molecular complexity index is 1330. The molecule has 0 spiro atoms. The molecule has 1 atom stereocenters. The first-order chi connectivity index (χ1) is 14.5. The Morgan fingerprint density at radius 3 is 2.70 bits per heavy atom. The Kier molecular flexibility index (Phi) is 4.11. The predicted molar refractivity (Wildman–Crippen MR) is 112 cm³/mol. The van der Waals surface area contributed by atoms with Crippen LogP contribution < -0.4 is 20.1 Å². The molecule has 8 nitrogen and oxygen atoms in total. The second kappa shape index (κ2) is 6.82. The molecular weight excluding hydrogens is 404 g/mol. The van der Waals surface area contributed by atoms with Crippen molar-refractivity contribution in [2.75, 3.05) is 10.2 Å². The lowest BCUT2D eigenvalue weighted by Gasteiger charge is -2.27. The molecule has 4 heterocycles. The van der Waals surface area contributed by atoms with Gasteiger partial charge in [0, 0.05) is 12.4 Å². The number of carboxylic acid groups (broad SMARTS) is 1. The first kappa shape index (κ1) is 18.1. The van der Waals surface area contributed by atoms with Crippen LogP contribution in [0.3, 0.4) is 0 Å². The Labute approximate surface area is 173 Å². The molecule has 1 aromatic carbocycles. The number of thiophene rings is 1. The van der Waals surface area contributed by atoms with E-state index >= 15 is 0 Å². The fraction of sp³-hybridized carbons (Fsp3) is 0.0476. The number of pyridine rings is 2. The summed E-state index contributed by atoms with van der Waals surface area (Å²) in [6.45, 7) is 1.92. The average Bonchev–Trinajstić information content (AvgIpc) is 3.11. The number of rotatable bonds is 4. The third kappa shape index (κ3) is 2.75. The van der Waals surface area contributed by atoms with E-state index in [-0.39, 0.29) is 5.82 Å². The second-order valence-corrected chi connectivity index (χ2v) is 8.22. The molecule has 0 radical (unpaired) electrons. The third-order valence-electron chi connectivity index (χ3n) is 4.75. The van der Waals surface area contributed by atoms with Gasteiger partial charge in [-0.05, 0) is 36.8 Å². The molecule has 9 heteroatoms. The van der Waals surface area contributed by atoms with Gasteiger partial charge in [-0.3, -0.25) is 0 Å². The van der Waals surface area contributed by atoms with Gasteiger partial charge in [-0.15, -0.1) is 0 Å².